The van der Waals surface area contributed by atoms with Crippen LogP contribution < -0.4 is 11.2 Å². The largest absolute Gasteiger partial charge is 0.475 e. The van der Waals surface area contributed by atoms with Gasteiger partial charge in [-0.15, -0.1) is 0 Å². The number of halogens is 1. The van der Waals surface area contributed by atoms with Gasteiger partial charge in [0.2, 0.25) is 5.72 Å². The Kier molecular flexibility index (Phi) is 8.80. The van der Waals surface area contributed by atoms with E-state index >= 15 is 0 Å². The average Bonchev–Trinajstić information content (AvgIpc) is 3.15. The zero-order chi connectivity index (χ0) is 29.1. The van der Waals surface area contributed by atoms with Crippen LogP contribution in [0.1, 0.15) is 38.2 Å². The summed E-state index contributed by atoms with van der Waals surface area (Å²) in [5, 5.41) is 4.03. The molecule has 2 aliphatic heterocycles. The normalized spacial score (nSPS) is 29.8. The Morgan fingerprint density at radius 2 is 2.02 bits per heavy atom. The number of carbonyl (C=O) groups is 2. The van der Waals surface area contributed by atoms with Gasteiger partial charge in [-0.25, -0.2) is 9.36 Å². The second kappa shape index (κ2) is 11.9. The van der Waals surface area contributed by atoms with Gasteiger partial charge in [0.1, 0.15) is 0 Å². The Hall–Kier alpha value is -3.49. The highest BCUT2D eigenvalue weighted by molar-refractivity contribution is 7.48. The minimum absolute atomic E-state index is 0.0390. The molecule has 0 radical (unpaired) electrons. The van der Waals surface area contributed by atoms with E-state index in [4.69, 9.17) is 39.4 Å². The van der Waals surface area contributed by atoms with Gasteiger partial charge in [0.15, 0.2) is 18.4 Å². The van der Waals surface area contributed by atoms with Crippen molar-refractivity contribution in [3.8, 4) is 0 Å². The molecule has 16 nitrogen and oxygen atoms in total. The first-order valence-electron chi connectivity index (χ1n) is 11.7. The maximum atomic E-state index is 13.5. The number of benzene rings is 1. The summed E-state index contributed by atoms with van der Waals surface area (Å²) >= 11 is 6.06. The first-order chi connectivity index (χ1) is 18.9. The zero-order valence-corrected chi connectivity index (χ0v) is 22.6. The van der Waals surface area contributed by atoms with Crippen molar-refractivity contribution in [3.63, 3.8) is 0 Å². The van der Waals surface area contributed by atoms with E-state index in [2.05, 4.69) is 10.0 Å². The van der Waals surface area contributed by atoms with Gasteiger partial charge in [-0.05, 0) is 23.2 Å². The fourth-order valence-corrected chi connectivity index (χ4v) is 5.83. The van der Waals surface area contributed by atoms with Gasteiger partial charge in [-0.2, -0.15) is 0 Å². The lowest BCUT2D eigenvalue weighted by molar-refractivity contribution is -0.170. The molecule has 2 saturated heterocycles. The van der Waals surface area contributed by atoms with E-state index in [1.165, 1.54) is 0 Å². The summed E-state index contributed by atoms with van der Waals surface area (Å²) in [6.45, 7) is 1.13. The van der Waals surface area contributed by atoms with Gasteiger partial charge in [0, 0.05) is 42.5 Å². The second-order valence-electron chi connectivity index (χ2n) is 8.66. The third-order valence-corrected chi connectivity index (χ3v) is 7.51. The van der Waals surface area contributed by atoms with Gasteiger partial charge < -0.3 is 14.2 Å². The Morgan fingerprint density at radius 3 is 2.67 bits per heavy atom. The van der Waals surface area contributed by atoms with Crippen LogP contribution >= 0.6 is 19.4 Å². The Balaban J connectivity index is 1.70. The number of azide groups is 1. The molecule has 1 aromatic heterocycles. The molecule has 1 N–H and O–H groups in total. The molecule has 18 heteroatoms. The van der Waals surface area contributed by atoms with Gasteiger partial charge >= 0.3 is 25.5 Å². The van der Waals surface area contributed by atoms with E-state index in [1.807, 2.05) is 4.98 Å². The summed E-state index contributed by atoms with van der Waals surface area (Å²) in [5.41, 5.74) is 5.93. The number of aromatic nitrogens is 2. The lowest BCUT2D eigenvalue weighted by Gasteiger charge is -2.33. The highest BCUT2D eigenvalue weighted by Crippen LogP contribution is 2.58. The van der Waals surface area contributed by atoms with E-state index in [1.54, 1.807) is 24.3 Å². The van der Waals surface area contributed by atoms with Crippen molar-refractivity contribution in [3.05, 3.63) is 78.4 Å². The van der Waals surface area contributed by atoms with Crippen molar-refractivity contribution in [1.82, 2.24) is 9.55 Å². The van der Waals surface area contributed by atoms with E-state index in [9.17, 15) is 29.3 Å². The fraction of sp³-hybridized carbons (Fsp3) is 0.455. The number of ether oxygens (including phenoxy) is 3. The topological polar surface area (TPSA) is 210 Å². The third-order valence-electron chi connectivity index (χ3n) is 5.82. The lowest BCUT2D eigenvalue weighted by atomic mass is 10.1. The Bertz CT molecular complexity index is 1510. The van der Waals surface area contributed by atoms with Crippen molar-refractivity contribution >= 4 is 31.4 Å². The van der Waals surface area contributed by atoms with E-state index < -0.39 is 67.9 Å². The molecule has 4 rings (SSSR count). The van der Waals surface area contributed by atoms with Crippen LogP contribution in [-0.2, 0) is 41.9 Å². The number of aromatic amines is 1. The number of rotatable bonds is 8. The smallest absolute Gasteiger partial charge is 0.455 e. The summed E-state index contributed by atoms with van der Waals surface area (Å²) in [7, 11) is -4.36. The molecule has 6 atom stereocenters. The number of carbonyl (C=O) groups excluding carboxylic acids is 2. The highest BCUT2D eigenvalue weighted by atomic mass is 35.5. The number of nitrogens with zero attached hydrogens (tertiary/aromatic N) is 4. The molecule has 2 aliphatic rings. The molecular weight excluding hydrogens is 577 g/mol. The number of H-pyrrole nitrogens is 1. The van der Waals surface area contributed by atoms with Crippen LogP contribution in [0.2, 0.25) is 5.02 Å². The first-order valence-corrected chi connectivity index (χ1v) is 13.5. The first kappa shape index (κ1) is 29.5. The Morgan fingerprint density at radius 1 is 1.27 bits per heavy atom. The van der Waals surface area contributed by atoms with Crippen LogP contribution in [0.5, 0.6) is 0 Å². The van der Waals surface area contributed by atoms with E-state index in [-0.39, 0.29) is 6.61 Å². The summed E-state index contributed by atoms with van der Waals surface area (Å²) in [6.07, 6.45) is -4.29. The van der Waals surface area contributed by atoms with Crippen LogP contribution in [0.15, 0.2) is 51.2 Å². The fourth-order valence-electron chi connectivity index (χ4n) is 4.23. The third kappa shape index (κ3) is 6.45. The number of phosphoric ester groups is 1. The molecule has 2 aromatic rings. The molecule has 214 valence electrons. The SMILES string of the molecule is CC(=O)O[C@H]1[C@H](n2ccc(=O)[nH]c2=O)O[C@@](COP2(=O)OCC[C@@H](c3cccc(Cl)c3)O2)(N=[N+]=[N-])[C@H]1OC(C)=O. The molecule has 1 unspecified atom stereocenters. The molecule has 0 spiro atoms. The Labute approximate surface area is 230 Å². The monoisotopic (exact) mass is 599 g/mol. The van der Waals surface area contributed by atoms with Crippen molar-refractivity contribution in [2.45, 2.75) is 50.5 Å². The molecule has 0 amide bonds. The van der Waals surface area contributed by atoms with Crippen LogP contribution in [-0.4, -0.2) is 52.6 Å². The highest BCUT2D eigenvalue weighted by Gasteiger charge is 2.61. The molecule has 0 aliphatic carbocycles. The number of hydrogen-bond acceptors (Lipinski definition) is 12. The maximum Gasteiger partial charge on any atom is 0.475 e. The van der Waals surface area contributed by atoms with Crippen molar-refractivity contribution in [2.75, 3.05) is 13.2 Å². The van der Waals surface area contributed by atoms with Crippen LogP contribution in [0.25, 0.3) is 10.4 Å². The van der Waals surface area contributed by atoms with Crippen molar-refractivity contribution < 1.29 is 41.9 Å². The number of phosphoric acid groups is 1. The minimum Gasteiger partial charge on any atom is -0.455 e. The average molecular weight is 600 g/mol. The summed E-state index contributed by atoms with van der Waals surface area (Å²) in [4.78, 5) is 52.9. The van der Waals surface area contributed by atoms with E-state index in [0.717, 1.165) is 30.7 Å². The molecule has 40 heavy (non-hydrogen) atoms. The number of nitrogens with one attached hydrogen (secondary N) is 1. The summed E-state index contributed by atoms with van der Waals surface area (Å²) in [6, 6.07) is 7.65. The summed E-state index contributed by atoms with van der Waals surface area (Å²) in [5.74, 6) is -1.78. The quantitative estimate of drug-likeness (QED) is 0.153. The predicted molar refractivity (Wildman–Crippen MR) is 134 cm³/mol. The molecule has 0 bridgehead atoms. The number of esters is 2. The van der Waals surface area contributed by atoms with Gasteiger partial charge in [0.05, 0.1) is 19.3 Å². The summed E-state index contributed by atoms with van der Waals surface area (Å²) < 4.78 is 47.2. The van der Waals surface area contributed by atoms with Crippen LogP contribution in [0.3, 0.4) is 0 Å². The standard InChI is InChI=1S/C22H23ClN5O11P/c1-12(29)36-18-19(37-13(2)30)22(26-27-24,38-20(18)28-8-6-17(31)25-21(28)32)11-35-40(33)34-9-7-16(39-40)14-4-3-5-15(23)10-14/h3-6,8,10,16,18-20H,7,9,11H2,1-2H3,(H,25,31,32)/t16-,18+,19-,20+,22+,40?/m0/s1. The van der Waals surface area contributed by atoms with E-state index in [0.29, 0.717) is 17.0 Å². The van der Waals surface area contributed by atoms with Crippen LogP contribution in [0, 0.1) is 0 Å². The van der Waals surface area contributed by atoms with Gasteiger partial charge in [0.25, 0.3) is 5.56 Å². The van der Waals surface area contributed by atoms with Crippen molar-refractivity contribution in [2.24, 2.45) is 5.11 Å². The predicted octanol–water partition coefficient (Wildman–Crippen LogP) is 2.89. The number of hydrogen-bond donors (Lipinski definition) is 1. The lowest BCUT2D eigenvalue weighted by Crippen LogP contribution is -2.48. The second-order valence-corrected chi connectivity index (χ2v) is 10.7. The molecular formula is C22H23ClN5O11P. The minimum atomic E-state index is -4.36. The molecule has 1 aromatic carbocycles. The van der Waals surface area contributed by atoms with Crippen molar-refractivity contribution in [1.29, 1.82) is 0 Å². The molecule has 0 saturated carbocycles. The van der Waals surface area contributed by atoms with Gasteiger partial charge in [-0.3, -0.25) is 37.5 Å². The maximum absolute atomic E-state index is 13.5. The van der Waals surface area contributed by atoms with Gasteiger partial charge in [-0.1, -0.05) is 28.8 Å². The molecule has 3 heterocycles. The zero-order valence-electron chi connectivity index (χ0n) is 21.0. The molecule has 2 fully saturated rings. The van der Waals surface area contributed by atoms with Crippen LogP contribution in [0.4, 0.5) is 0 Å².